The van der Waals surface area contributed by atoms with Crippen molar-refractivity contribution in [2.24, 2.45) is 5.73 Å². The van der Waals surface area contributed by atoms with Crippen molar-refractivity contribution in [1.29, 1.82) is 0 Å². The summed E-state index contributed by atoms with van der Waals surface area (Å²) in [7, 11) is 0. The highest BCUT2D eigenvalue weighted by atomic mass is 16.5. The first-order valence-corrected chi connectivity index (χ1v) is 6.68. The van der Waals surface area contributed by atoms with Gasteiger partial charge in [-0.2, -0.15) is 0 Å². The number of aromatic nitrogens is 1. The van der Waals surface area contributed by atoms with Crippen molar-refractivity contribution >= 4 is 17.6 Å². The molecule has 2 amide bonds. The fourth-order valence-electron chi connectivity index (χ4n) is 1.83. The molecule has 0 aliphatic heterocycles. The molecule has 1 atom stereocenters. The molecule has 2 aromatic rings. The molecule has 1 aromatic carbocycles. The number of carbonyl (C=O) groups excluding carboxylic acids is 2. The number of hydrogen-bond acceptors (Lipinski definition) is 5. The predicted octanol–water partition coefficient (Wildman–Crippen LogP) is 1.80. The van der Waals surface area contributed by atoms with E-state index in [2.05, 4.69) is 10.5 Å². The van der Waals surface area contributed by atoms with E-state index in [0.717, 1.165) is 5.56 Å². The van der Waals surface area contributed by atoms with Crippen LogP contribution < -0.4 is 15.8 Å². The molecule has 3 N–H and O–H groups in total. The zero-order valence-electron chi connectivity index (χ0n) is 12.5. The highest BCUT2D eigenvalue weighted by Gasteiger charge is 2.19. The fourth-order valence-corrected chi connectivity index (χ4v) is 1.83. The molecule has 1 unspecified atom stereocenters. The Hall–Kier alpha value is -2.83. The second kappa shape index (κ2) is 6.30. The first-order chi connectivity index (χ1) is 10.4. The minimum Gasteiger partial charge on any atom is -0.480 e. The van der Waals surface area contributed by atoms with Crippen LogP contribution in [0.4, 0.5) is 5.82 Å². The summed E-state index contributed by atoms with van der Waals surface area (Å²) in [5.74, 6) is 0.127. The van der Waals surface area contributed by atoms with Crippen molar-refractivity contribution in [1.82, 2.24) is 5.16 Å². The summed E-state index contributed by atoms with van der Waals surface area (Å²) in [4.78, 5) is 23.5. The predicted molar refractivity (Wildman–Crippen MR) is 79.7 cm³/mol. The number of nitrogens with two attached hydrogens (primary N) is 1. The molecular formula is C15H17N3O4. The van der Waals surface area contributed by atoms with E-state index in [1.165, 1.54) is 0 Å². The summed E-state index contributed by atoms with van der Waals surface area (Å²) in [6, 6.07) is 6.56. The van der Waals surface area contributed by atoms with Gasteiger partial charge >= 0.3 is 0 Å². The van der Waals surface area contributed by atoms with Crippen molar-refractivity contribution in [3.05, 3.63) is 41.2 Å². The molecule has 0 spiro atoms. The van der Waals surface area contributed by atoms with Gasteiger partial charge in [0.05, 0.1) is 5.56 Å². The van der Waals surface area contributed by atoms with Crippen LogP contribution in [-0.2, 0) is 4.79 Å². The Morgan fingerprint density at radius 1 is 1.32 bits per heavy atom. The van der Waals surface area contributed by atoms with Gasteiger partial charge in [-0.15, -0.1) is 0 Å². The number of ether oxygens (including phenoxy) is 1. The van der Waals surface area contributed by atoms with Gasteiger partial charge in [-0.3, -0.25) is 9.59 Å². The molecule has 7 heteroatoms. The van der Waals surface area contributed by atoms with E-state index in [1.807, 2.05) is 6.92 Å². The third-order valence-electron chi connectivity index (χ3n) is 2.95. The Balaban J connectivity index is 2.11. The quantitative estimate of drug-likeness (QED) is 0.875. The second-order valence-corrected chi connectivity index (χ2v) is 4.94. The van der Waals surface area contributed by atoms with Gasteiger partial charge in [0.2, 0.25) is 0 Å². The zero-order valence-corrected chi connectivity index (χ0v) is 12.5. The molecule has 0 aliphatic rings. The fraction of sp³-hybridized carbons (Fsp3) is 0.267. The smallest absolute Gasteiger partial charge is 0.266 e. The van der Waals surface area contributed by atoms with E-state index < -0.39 is 17.9 Å². The Bertz CT molecular complexity index is 709. The molecule has 7 nitrogen and oxygen atoms in total. The van der Waals surface area contributed by atoms with Crippen molar-refractivity contribution in [2.45, 2.75) is 26.9 Å². The summed E-state index contributed by atoms with van der Waals surface area (Å²) in [5.41, 5.74) is 6.41. The van der Waals surface area contributed by atoms with Crippen LogP contribution >= 0.6 is 0 Å². The summed E-state index contributed by atoms with van der Waals surface area (Å²) in [5, 5.41) is 6.23. The molecule has 0 saturated heterocycles. The van der Waals surface area contributed by atoms with Gasteiger partial charge in [0.15, 0.2) is 11.9 Å². The number of aryl methyl sites for hydroxylation is 2. The number of benzene rings is 1. The topological polar surface area (TPSA) is 107 Å². The minimum atomic E-state index is -0.836. The molecule has 116 valence electrons. The van der Waals surface area contributed by atoms with Crippen LogP contribution in [0.1, 0.15) is 28.6 Å². The number of nitrogens with one attached hydrogen (secondary N) is 1. The number of rotatable bonds is 5. The molecule has 0 bridgehead atoms. The first kappa shape index (κ1) is 15.6. The number of hydrogen-bond donors (Lipinski definition) is 2. The number of amides is 2. The SMILES string of the molecule is Cc1ccc(C(N)=O)c(OC(C)C(=O)Nc2cc(C)on2)c1. The monoisotopic (exact) mass is 303 g/mol. The maximum Gasteiger partial charge on any atom is 0.266 e. The number of carbonyl (C=O) groups is 2. The lowest BCUT2D eigenvalue weighted by Gasteiger charge is -2.16. The molecular weight excluding hydrogens is 286 g/mol. The van der Waals surface area contributed by atoms with E-state index >= 15 is 0 Å². The lowest BCUT2D eigenvalue weighted by atomic mass is 10.1. The molecule has 0 fully saturated rings. The maximum atomic E-state index is 12.1. The van der Waals surface area contributed by atoms with Crippen molar-refractivity contribution < 1.29 is 18.8 Å². The van der Waals surface area contributed by atoms with Gasteiger partial charge in [-0.05, 0) is 38.5 Å². The number of primary amides is 1. The summed E-state index contributed by atoms with van der Waals surface area (Å²) < 4.78 is 10.4. The highest BCUT2D eigenvalue weighted by molar-refractivity contribution is 5.96. The molecule has 22 heavy (non-hydrogen) atoms. The molecule has 0 radical (unpaired) electrons. The summed E-state index contributed by atoms with van der Waals surface area (Å²) in [6.45, 7) is 5.13. The van der Waals surface area contributed by atoms with Gasteiger partial charge in [0.25, 0.3) is 11.8 Å². The highest BCUT2D eigenvalue weighted by Crippen LogP contribution is 2.21. The van der Waals surface area contributed by atoms with Crippen LogP contribution in [0, 0.1) is 13.8 Å². The third kappa shape index (κ3) is 3.63. The van der Waals surface area contributed by atoms with Crippen LogP contribution in [0.2, 0.25) is 0 Å². The molecule has 0 saturated carbocycles. The summed E-state index contributed by atoms with van der Waals surface area (Å²) >= 11 is 0. The Labute approximate surface area is 127 Å². The van der Waals surface area contributed by atoms with E-state index in [1.54, 1.807) is 38.1 Å². The van der Waals surface area contributed by atoms with Gasteiger partial charge in [-0.1, -0.05) is 11.2 Å². The maximum absolute atomic E-state index is 12.1. The molecule has 0 aliphatic carbocycles. The molecule has 1 aromatic heterocycles. The van der Waals surface area contributed by atoms with Gasteiger partial charge in [0.1, 0.15) is 11.5 Å². The van der Waals surface area contributed by atoms with Gasteiger partial charge in [-0.25, -0.2) is 0 Å². The normalized spacial score (nSPS) is 11.8. The van der Waals surface area contributed by atoms with Crippen molar-refractivity contribution in [3.8, 4) is 5.75 Å². The van der Waals surface area contributed by atoms with E-state index in [-0.39, 0.29) is 11.3 Å². The molecule has 1 heterocycles. The van der Waals surface area contributed by atoms with Crippen molar-refractivity contribution in [2.75, 3.05) is 5.32 Å². The largest absolute Gasteiger partial charge is 0.480 e. The second-order valence-electron chi connectivity index (χ2n) is 4.94. The van der Waals surface area contributed by atoms with Gasteiger partial charge in [0, 0.05) is 6.07 Å². The Kier molecular flexibility index (Phi) is 4.45. The third-order valence-corrected chi connectivity index (χ3v) is 2.95. The lowest BCUT2D eigenvalue weighted by Crippen LogP contribution is -2.31. The van der Waals surface area contributed by atoms with Crippen LogP contribution in [0.5, 0.6) is 5.75 Å². The van der Waals surface area contributed by atoms with Crippen molar-refractivity contribution in [3.63, 3.8) is 0 Å². The van der Waals surface area contributed by atoms with Crippen LogP contribution in [0.3, 0.4) is 0 Å². The standard InChI is InChI=1S/C15H17N3O4/c1-8-4-5-11(14(16)19)12(6-8)21-10(3)15(20)17-13-7-9(2)22-18-13/h4-7,10H,1-3H3,(H2,16,19)(H,17,18,20). The number of nitrogens with zero attached hydrogens (tertiary/aromatic N) is 1. The van der Waals surface area contributed by atoms with Gasteiger partial charge < -0.3 is 20.3 Å². The van der Waals surface area contributed by atoms with Crippen LogP contribution in [-0.4, -0.2) is 23.1 Å². The average molecular weight is 303 g/mol. The first-order valence-electron chi connectivity index (χ1n) is 6.68. The van der Waals surface area contributed by atoms with Crippen LogP contribution in [0.25, 0.3) is 0 Å². The zero-order chi connectivity index (χ0) is 16.3. The average Bonchev–Trinajstić information content (AvgIpc) is 2.83. The van der Waals surface area contributed by atoms with E-state index in [4.69, 9.17) is 15.0 Å². The summed E-state index contributed by atoms with van der Waals surface area (Å²) in [6.07, 6.45) is -0.836. The Morgan fingerprint density at radius 2 is 2.05 bits per heavy atom. The molecule has 2 rings (SSSR count). The van der Waals surface area contributed by atoms with E-state index in [0.29, 0.717) is 11.6 Å². The van der Waals surface area contributed by atoms with E-state index in [9.17, 15) is 9.59 Å². The number of anilines is 1. The minimum absolute atomic E-state index is 0.225. The Morgan fingerprint density at radius 3 is 2.64 bits per heavy atom. The lowest BCUT2D eigenvalue weighted by molar-refractivity contribution is -0.122. The van der Waals surface area contributed by atoms with Crippen LogP contribution in [0.15, 0.2) is 28.8 Å².